The van der Waals surface area contributed by atoms with Gasteiger partial charge >= 0.3 is 0 Å². The smallest absolute Gasteiger partial charge is 0.240 e. The highest BCUT2D eigenvalue weighted by Gasteiger charge is 2.32. The molecule has 0 bridgehead atoms. The summed E-state index contributed by atoms with van der Waals surface area (Å²) in [6.45, 7) is 1.90. The van der Waals surface area contributed by atoms with Crippen molar-refractivity contribution < 1.29 is 19.1 Å². The minimum atomic E-state index is -0.770. The fraction of sp³-hybridized carbons (Fsp3) is 0.500. The SMILES string of the molecule is CCC(=O)CCCCCCC(=O)NC1OC(CSc2ccccn2)CC(c2ccccc2)O1. The second-order valence-electron chi connectivity index (χ2n) is 8.21. The number of Topliss-reactive ketones (excluding diaryl/α,β-unsaturated/α-hetero) is 1. The van der Waals surface area contributed by atoms with Crippen molar-refractivity contribution in [2.24, 2.45) is 0 Å². The van der Waals surface area contributed by atoms with E-state index in [2.05, 4.69) is 10.3 Å². The molecular weight excluding hydrogens is 436 g/mol. The highest BCUT2D eigenvalue weighted by molar-refractivity contribution is 7.99. The number of nitrogens with zero attached hydrogens (tertiary/aromatic N) is 1. The number of hydrogen-bond acceptors (Lipinski definition) is 6. The molecule has 33 heavy (non-hydrogen) atoms. The number of aromatic nitrogens is 1. The van der Waals surface area contributed by atoms with E-state index in [4.69, 9.17) is 9.47 Å². The normalized spacial score (nSPS) is 20.3. The summed E-state index contributed by atoms with van der Waals surface area (Å²) in [5.74, 6) is 0.963. The Hall–Kier alpha value is -2.22. The number of thioether (sulfide) groups is 1. The van der Waals surface area contributed by atoms with Gasteiger partial charge in [0, 0.05) is 37.6 Å². The molecule has 0 saturated carbocycles. The molecule has 1 amide bonds. The number of nitrogens with one attached hydrogen (secondary N) is 1. The molecule has 2 aromatic rings. The Morgan fingerprint density at radius 3 is 2.48 bits per heavy atom. The largest absolute Gasteiger partial charge is 0.331 e. The van der Waals surface area contributed by atoms with Crippen molar-refractivity contribution in [1.82, 2.24) is 10.3 Å². The van der Waals surface area contributed by atoms with Gasteiger partial charge in [0.05, 0.1) is 17.2 Å². The van der Waals surface area contributed by atoms with Crippen LogP contribution in [0.3, 0.4) is 0 Å². The Kier molecular flexibility index (Phi) is 10.9. The maximum absolute atomic E-state index is 12.5. The molecule has 3 rings (SSSR count). The van der Waals surface area contributed by atoms with Crippen LogP contribution in [0.5, 0.6) is 0 Å². The van der Waals surface area contributed by atoms with E-state index in [1.807, 2.05) is 55.5 Å². The third kappa shape index (κ3) is 9.27. The molecule has 1 fully saturated rings. The highest BCUT2D eigenvalue weighted by atomic mass is 32.2. The molecule has 7 heteroatoms. The predicted molar refractivity (Wildman–Crippen MR) is 130 cm³/mol. The van der Waals surface area contributed by atoms with E-state index in [0.717, 1.165) is 42.0 Å². The predicted octanol–water partition coefficient (Wildman–Crippen LogP) is 5.44. The van der Waals surface area contributed by atoms with Crippen molar-refractivity contribution in [1.29, 1.82) is 0 Å². The van der Waals surface area contributed by atoms with Gasteiger partial charge in [0.15, 0.2) is 0 Å². The Labute approximate surface area is 200 Å². The van der Waals surface area contributed by atoms with Gasteiger partial charge in [-0.15, -0.1) is 11.8 Å². The summed E-state index contributed by atoms with van der Waals surface area (Å²) in [4.78, 5) is 28.2. The lowest BCUT2D eigenvalue weighted by Crippen LogP contribution is -2.46. The van der Waals surface area contributed by atoms with Gasteiger partial charge in [-0.05, 0) is 30.5 Å². The fourth-order valence-corrected chi connectivity index (χ4v) is 4.60. The van der Waals surface area contributed by atoms with Crippen LogP contribution in [0.25, 0.3) is 0 Å². The number of ether oxygens (including phenoxy) is 2. The Bertz CT molecular complexity index is 850. The van der Waals surface area contributed by atoms with Crippen LogP contribution in [0.1, 0.15) is 70.0 Å². The summed E-state index contributed by atoms with van der Waals surface area (Å²) in [6, 6.07) is 15.9. The number of ketones is 1. The van der Waals surface area contributed by atoms with E-state index in [0.29, 0.717) is 31.5 Å². The monoisotopic (exact) mass is 470 g/mol. The second-order valence-corrected chi connectivity index (χ2v) is 9.25. The third-order valence-electron chi connectivity index (χ3n) is 5.59. The first-order valence-electron chi connectivity index (χ1n) is 11.8. The highest BCUT2D eigenvalue weighted by Crippen LogP contribution is 2.32. The van der Waals surface area contributed by atoms with Crippen LogP contribution >= 0.6 is 11.8 Å². The van der Waals surface area contributed by atoms with Gasteiger partial charge in [0.25, 0.3) is 0 Å². The second kappa shape index (κ2) is 14.1. The van der Waals surface area contributed by atoms with E-state index in [-0.39, 0.29) is 18.1 Å². The molecule has 3 atom stereocenters. The van der Waals surface area contributed by atoms with E-state index < -0.39 is 6.41 Å². The van der Waals surface area contributed by atoms with Gasteiger partial charge in [0.1, 0.15) is 5.78 Å². The number of carbonyl (C=O) groups is 2. The molecule has 1 aromatic heterocycles. The van der Waals surface area contributed by atoms with Gasteiger partial charge in [0.2, 0.25) is 12.3 Å². The van der Waals surface area contributed by atoms with E-state index in [1.54, 1.807) is 18.0 Å². The van der Waals surface area contributed by atoms with Crippen LogP contribution in [0.4, 0.5) is 0 Å². The van der Waals surface area contributed by atoms with Crippen molar-refractivity contribution in [2.45, 2.75) is 81.9 Å². The number of pyridine rings is 1. The fourth-order valence-electron chi connectivity index (χ4n) is 3.72. The number of amides is 1. The van der Waals surface area contributed by atoms with Crippen molar-refractivity contribution in [3.05, 3.63) is 60.3 Å². The summed E-state index contributed by atoms with van der Waals surface area (Å²) < 4.78 is 12.2. The van der Waals surface area contributed by atoms with Gasteiger partial charge in [-0.25, -0.2) is 4.98 Å². The summed E-state index contributed by atoms with van der Waals surface area (Å²) in [6.07, 6.45) is 6.79. The molecule has 2 heterocycles. The lowest BCUT2D eigenvalue weighted by Gasteiger charge is -2.36. The van der Waals surface area contributed by atoms with Crippen molar-refractivity contribution >= 4 is 23.5 Å². The lowest BCUT2D eigenvalue weighted by atomic mass is 10.0. The van der Waals surface area contributed by atoms with Crippen LogP contribution in [0.2, 0.25) is 0 Å². The van der Waals surface area contributed by atoms with Crippen molar-refractivity contribution in [2.75, 3.05) is 5.75 Å². The molecule has 3 unspecified atom stereocenters. The molecular formula is C26H34N2O4S. The molecule has 1 aromatic carbocycles. The zero-order valence-corrected chi connectivity index (χ0v) is 20.1. The van der Waals surface area contributed by atoms with E-state index in [9.17, 15) is 9.59 Å². The zero-order chi connectivity index (χ0) is 23.3. The maximum atomic E-state index is 12.5. The molecule has 0 aliphatic carbocycles. The topological polar surface area (TPSA) is 77.5 Å². The first-order chi connectivity index (χ1) is 16.1. The summed E-state index contributed by atoms with van der Waals surface area (Å²) in [7, 11) is 0. The minimum absolute atomic E-state index is 0.0719. The maximum Gasteiger partial charge on any atom is 0.240 e. The van der Waals surface area contributed by atoms with Gasteiger partial charge in [-0.1, -0.05) is 56.2 Å². The molecule has 1 N–H and O–H groups in total. The van der Waals surface area contributed by atoms with E-state index >= 15 is 0 Å². The Balaban J connectivity index is 1.47. The van der Waals surface area contributed by atoms with Crippen LogP contribution < -0.4 is 5.32 Å². The standard InChI is InChI=1S/C26H34N2O4S/c1-2-21(29)14-8-3-4-9-15-24(30)28-26-31-22(19-33-25-16-10-11-17-27-25)18-23(32-26)20-12-6-5-7-13-20/h5-7,10-13,16-17,22-23,26H,2-4,8-9,14-15,18-19H2,1H3,(H,28,30). The first kappa shape index (κ1) is 25.4. The third-order valence-corrected chi connectivity index (χ3v) is 6.67. The number of benzene rings is 1. The summed E-state index contributed by atoms with van der Waals surface area (Å²) >= 11 is 1.64. The Morgan fingerprint density at radius 1 is 1.00 bits per heavy atom. The number of carbonyl (C=O) groups excluding carboxylic acids is 2. The summed E-state index contributed by atoms with van der Waals surface area (Å²) in [5.41, 5.74) is 1.08. The number of hydrogen-bond donors (Lipinski definition) is 1. The average molecular weight is 471 g/mol. The first-order valence-corrected chi connectivity index (χ1v) is 12.8. The van der Waals surface area contributed by atoms with E-state index in [1.165, 1.54) is 0 Å². The molecule has 0 spiro atoms. The molecule has 1 aliphatic heterocycles. The number of unbranched alkanes of at least 4 members (excludes halogenated alkanes) is 3. The quantitative estimate of drug-likeness (QED) is 0.310. The van der Waals surface area contributed by atoms with Gasteiger partial charge in [-0.3, -0.25) is 9.59 Å². The van der Waals surface area contributed by atoms with Crippen LogP contribution in [-0.4, -0.2) is 34.9 Å². The molecule has 178 valence electrons. The van der Waals surface area contributed by atoms with Gasteiger partial charge < -0.3 is 14.8 Å². The number of rotatable bonds is 13. The van der Waals surface area contributed by atoms with Crippen molar-refractivity contribution in [3.63, 3.8) is 0 Å². The zero-order valence-electron chi connectivity index (χ0n) is 19.3. The van der Waals surface area contributed by atoms with Crippen LogP contribution in [0, 0.1) is 0 Å². The average Bonchev–Trinajstić information content (AvgIpc) is 2.85. The molecule has 6 nitrogen and oxygen atoms in total. The molecule has 1 aliphatic rings. The molecule has 0 radical (unpaired) electrons. The molecule has 1 saturated heterocycles. The van der Waals surface area contributed by atoms with Crippen LogP contribution in [-0.2, 0) is 19.1 Å². The minimum Gasteiger partial charge on any atom is -0.331 e. The Morgan fingerprint density at radius 2 is 1.76 bits per heavy atom. The van der Waals surface area contributed by atoms with Crippen LogP contribution in [0.15, 0.2) is 59.8 Å². The van der Waals surface area contributed by atoms with Crippen molar-refractivity contribution in [3.8, 4) is 0 Å². The lowest BCUT2D eigenvalue weighted by molar-refractivity contribution is -0.251. The van der Waals surface area contributed by atoms with Gasteiger partial charge in [-0.2, -0.15) is 0 Å². The summed E-state index contributed by atoms with van der Waals surface area (Å²) in [5, 5.41) is 3.85.